The number of ether oxygens (including phenoxy) is 2. The number of hydrogen-bond acceptors (Lipinski definition) is 10. The van der Waals surface area contributed by atoms with Crippen LogP contribution in [0.1, 0.15) is 77.9 Å². The molecule has 12 atom stereocenters. The summed E-state index contributed by atoms with van der Waals surface area (Å²) in [5.74, 6) is 0.657. The lowest BCUT2D eigenvalue weighted by Crippen LogP contribution is -2.67. The van der Waals surface area contributed by atoms with Gasteiger partial charge < -0.3 is 35.0 Å². The highest BCUT2D eigenvalue weighted by atomic mass is 16.5. The van der Waals surface area contributed by atoms with Crippen LogP contribution in [0.5, 0.6) is 0 Å². The topological polar surface area (TPSA) is 192 Å². The minimum Gasteiger partial charge on any atom is -0.458 e. The molecule has 0 bridgehead atoms. The number of H-pyrrole nitrogens is 1. The van der Waals surface area contributed by atoms with Crippen LogP contribution in [0.3, 0.4) is 0 Å². The Hall–Kier alpha value is -2.35. The molecule has 4 saturated carbocycles. The van der Waals surface area contributed by atoms with Gasteiger partial charge in [-0.1, -0.05) is 13.8 Å². The molecule has 0 radical (unpaired) electrons. The van der Waals surface area contributed by atoms with E-state index in [0.29, 0.717) is 31.3 Å². The van der Waals surface area contributed by atoms with Crippen LogP contribution >= 0.6 is 0 Å². The van der Waals surface area contributed by atoms with Crippen molar-refractivity contribution >= 4 is 5.97 Å². The van der Waals surface area contributed by atoms with Crippen LogP contribution in [-0.2, 0) is 14.3 Å². The number of aliphatic hydroxyl groups is 5. The number of nitrogens with one attached hydrogen (secondary N) is 1. The van der Waals surface area contributed by atoms with E-state index in [0.717, 1.165) is 44.1 Å². The number of esters is 1. The lowest BCUT2D eigenvalue weighted by Gasteiger charge is -2.64. The van der Waals surface area contributed by atoms with Gasteiger partial charge in [0.2, 0.25) is 0 Å². The number of cyclic esters (lactones) is 1. The first kappa shape index (κ1) is 31.6. The number of rotatable bonds is 3. The van der Waals surface area contributed by atoms with Crippen molar-refractivity contribution in [2.45, 2.75) is 108 Å². The zero-order chi connectivity index (χ0) is 31.6. The molecule has 0 amide bonds. The number of aromatic amines is 1. The van der Waals surface area contributed by atoms with E-state index >= 15 is 0 Å². The summed E-state index contributed by atoms with van der Waals surface area (Å²) in [7, 11) is 0. The Balaban J connectivity index is 0.000000182. The predicted molar refractivity (Wildman–Crippen MR) is 156 cm³/mol. The zero-order valence-corrected chi connectivity index (χ0v) is 25.4. The van der Waals surface area contributed by atoms with Crippen LogP contribution in [0, 0.1) is 34.5 Å². The SMILES string of the molecule is C[C@]12CC[C@H](O)C[C@H]1CC[C@@H]1[C@@H]2C[C@@H](O)[C@]2(C)[C@@H](C3=CC(=O)OC3)CC[C@]12O.O=c1ccn(C2C[C@H](O)[C@@H](CO)O2)c(=O)[nH]1. The van der Waals surface area contributed by atoms with E-state index in [4.69, 9.17) is 14.6 Å². The second-order valence-corrected chi connectivity index (χ2v) is 14.4. The van der Waals surface area contributed by atoms with Crippen molar-refractivity contribution in [2.24, 2.45) is 34.5 Å². The van der Waals surface area contributed by atoms with Crippen molar-refractivity contribution in [1.82, 2.24) is 9.55 Å². The Morgan fingerprint density at radius 2 is 1.77 bits per heavy atom. The van der Waals surface area contributed by atoms with Gasteiger partial charge in [0.1, 0.15) is 18.9 Å². The molecular formula is C32H46N2O10. The van der Waals surface area contributed by atoms with Crippen LogP contribution in [0.4, 0.5) is 0 Å². The fourth-order valence-corrected chi connectivity index (χ4v) is 10.1. The summed E-state index contributed by atoms with van der Waals surface area (Å²) in [4.78, 5) is 36.0. The summed E-state index contributed by atoms with van der Waals surface area (Å²) in [6, 6.07) is 1.20. The Labute approximate surface area is 255 Å². The number of aromatic nitrogens is 2. The highest BCUT2D eigenvalue weighted by Gasteiger charge is 2.70. The molecule has 1 unspecified atom stereocenters. The average Bonchev–Trinajstić information content (AvgIpc) is 3.65. The Morgan fingerprint density at radius 1 is 1.00 bits per heavy atom. The van der Waals surface area contributed by atoms with E-state index in [2.05, 4.69) is 11.9 Å². The van der Waals surface area contributed by atoms with Crippen molar-refractivity contribution in [1.29, 1.82) is 0 Å². The second kappa shape index (κ2) is 11.5. The maximum Gasteiger partial charge on any atom is 0.331 e. The van der Waals surface area contributed by atoms with Gasteiger partial charge in [0.25, 0.3) is 5.56 Å². The van der Waals surface area contributed by atoms with E-state index in [1.54, 1.807) is 6.08 Å². The summed E-state index contributed by atoms with van der Waals surface area (Å²) >= 11 is 0. The molecule has 0 aromatic carbocycles. The molecular weight excluding hydrogens is 572 g/mol. The monoisotopic (exact) mass is 618 g/mol. The molecule has 7 rings (SSSR count). The molecule has 12 nitrogen and oxygen atoms in total. The average molecular weight is 619 g/mol. The van der Waals surface area contributed by atoms with Crippen molar-refractivity contribution in [3.63, 3.8) is 0 Å². The molecule has 1 saturated heterocycles. The van der Waals surface area contributed by atoms with E-state index < -0.39 is 46.8 Å². The molecule has 44 heavy (non-hydrogen) atoms. The summed E-state index contributed by atoms with van der Waals surface area (Å²) in [5, 5.41) is 52.1. The summed E-state index contributed by atoms with van der Waals surface area (Å²) < 4.78 is 11.6. The summed E-state index contributed by atoms with van der Waals surface area (Å²) in [5.41, 5.74) is -1.59. The molecule has 6 N–H and O–H groups in total. The highest BCUT2D eigenvalue weighted by Crippen LogP contribution is 2.69. The van der Waals surface area contributed by atoms with Gasteiger partial charge in [0.05, 0.1) is 30.5 Å². The lowest BCUT2D eigenvalue weighted by atomic mass is 9.42. The Morgan fingerprint density at radius 3 is 2.43 bits per heavy atom. The van der Waals surface area contributed by atoms with E-state index in [1.165, 1.54) is 16.8 Å². The van der Waals surface area contributed by atoms with Crippen LogP contribution in [-0.4, -0.2) is 84.3 Å². The maximum atomic E-state index is 12.1. The predicted octanol–water partition coefficient (Wildman–Crippen LogP) is 0.752. The number of hydrogen-bond donors (Lipinski definition) is 6. The van der Waals surface area contributed by atoms with Crippen LogP contribution in [0.25, 0.3) is 0 Å². The largest absolute Gasteiger partial charge is 0.458 e. The number of nitrogens with zero attached hydrogens (tertiary/aromatic N) is 1. The number of fused-ring (bicyclic) bond motifs is 5. The molecule has 5 fully saturated rings. The number of carbonyl (C=O) groups is 1. The maximum absolute atomic E-state index is 12.1. The van der Waals surface area contributed by atoms with Crippen molar-refractivity contribution < 1.29 is 39.8 Å². The van der Waals surface area contributed by atoms with E-state index in [9.17, 15) is 34.8 Å². The molecule has 1 aromatic heterocycles. The molecule has 0 spiro atoms. The molecule has 4 aliphatic carbocycles. The molecule has 2 aliphatic heterocycles. The molecule has 6 aliphatic rings. The van der Waals surface area contributed by atoms with E-state index in [1.807, 2.05) is 6.92 Å². The molecule has 12 heteroatoms. The molecule has 3 heterocycles. The normalized spacial score (nSPS) is 46.2. The van der Waals surface area contributed by atoms with Crippen LogP contribution in [0.2, 0.25) is 0 Å². The minimum absolute atomic E-state index is 0.00129. The van der Waals surface area contributed by atoms with Crippen LogP contribution in [0.15, 0.2) is 33.5 Å². The van der Waals surface area contributed by atoms with E-state index in [-0.39, 0.29) is 42.4 Å². The van der Waals surface area contributed by atoms with Gasteiger partial charge >= 0.3 is 11.7 Å². The summed E-state index contributed by atoms with van der Waals surface area (Å²) in [6.07, 6.45) is 7.04. The third-order valence-electron chi connectivity index (χ3n) is 12.6. The van der Waals surface area contributed by atoms with Gasteiger partial charge in [-0.2, -0.15) is 0 Å². The minimum atomic E-state index is -0.906. The van der Waals surface area contributed by atoms with Gasteiger partial charge in [0.15, 0.2) is 0 Å². The third-order valence-corrected chi connectivity index (χ3v) is 12.6. The van der Waals surface area contributed by atoms with Crippen molar-refractivity contribution in [3.05, 3.63) is 44.8 Å². The van der Waals surface area contributed by atoms with Gasteiger partial charge in [-0.3, -0.25) is 14.3 Å². The second-order valence-electron chi connectivity index (χ2n) is 14.4. The smallest absolute Gasteiger partial charge is 0.331 e. The quantitative estimate of drug-likeness (QED) is 0.264. The third kappa shape index (κ3) is 4.93. The number of carbonyl (C=O) groups excluding carboxylic acids is 1. The van der Waals surface area contributed by atoms with Gasteiger partial charge in [-0.05, 0) is 86.0 Å². The van der Waals surface area contributed by atoms with Gasteiger partial charge in [-0.15, -0.1) is 0 Å². The van der Waals surface area contributed by atoms with Gasteiger partial charge in [0, 0.05) is 30.2 Å². The highest BCUT2D eigenvalue weighted by molar-refractivity contribution is 5.85. The zero-order valence-electron chi connectivity index (χ0n) is 25.4. The molecule has 1 aromatic rings. The van der Waals surface area contributed by atoms with Crippen molar-refractivity contribution in [3.8, 4) is 0 Å². The van der Waals surface area contributed by atoms with Crippen molar-refractivity contribution in [2.75, 3.05) is 13.2 Å². The first-order valence-electron chi connectivity index (χ1n) is 16.0. The standard InChI is InChI=1S/C23H34O5.C9H12N2O5/c1-21-7-5-15(24)10-14(21)3-4-17-18(21)11-19(25)22(2)16(6-8-23(17,22)27)13-9-20(26)28-12-13;12-4-6-5(13)3-8(16-6)11-2-1-7(14)10-9(11)15/h9,14-19,24-25,27H,3-8,10-12H2,1-2H3;1-2,5-6,8,12-13H,3-4H2,(H,10,14,15)/t14-,15+,16-,17-,18+,19-,21+,22+,23+;5-,6+,8?/m10/s1. The lowest BCUT2D eigenvalue weighted by molar-refractivity contribution is -0.244. The summed E-state index contributed by atoms with van der Waals surface area (Å²) in [6.45, 7) is 4.38. The Bertz CT molecular complexity index is 1410. The fraction of sp³-hybridized carbons (Fsp3) is 0.781. The first-order valence-corrected chi connectivity index (χ1v) is 16.0. The fourth-order valence-electron chi connectivity index (χ4n) is 10.1. The van der Waals surface area contributed by atoms with Crippen LogP contribution < -0.4 is 11.2 Å². The number of aliphatic hydroxyl groups excluding tert-OH is 4. The Kier molecular flexibility index (Phi) is 8.24. The molecule has 244 valence electrons. The first-order chi connectivity index (χ1) is 20.8. The van der Waals surface area contributed by atoms with Gasteiger partial charge in [-0.25, -0.2) is 9.59 Å².